The van der Waals surface area contributed by atoms with Crippen molar-refractivity contribution in [2.75, 3.05) is 6.61 Å². The molecule has 6 atom stereocenters. The molecule has 5 N–H and O–H groups in total. The summed E-state index contributed by atoms with van der Waals surface area (Å²) in [6, 6.07) is 0. The van der Waals surface area contributed by atoms with E-state index in [4.69, 9.17) is 10.3 Å². The highest BCUT2D eigenvalue weighted by molar-refractivity contribution is 7.46. The van der Waals surface area contributed by atoms with E-state index in [2.05, 4.69) is 13.6 Å². The first-order valence-corrected chi connectivity index (χ1v) is 12.8. The number of aldehydes is 1. The molecule has 194 valence electrons. The number of rotatable bonds is 16. The van der Waals surface area contributed by atoms with Gasteiger partial charge in [-0.3, -0.25) is 13.9 Å². The first kappa shape index (κ1) is 31.8. The van der Waals surface area contributed by atoms with Crippen molar-refractivity contribution in [2.45, 2.75) is 71.7 Å². The number of carbonyl (C=O) groups is 2. The minimum absolute atomic E-state index is 0.0957. The fourth-order valence-electron chi connectivity index (χ4n) is 2.13. The summed E-state index contributed by atoms with van der Waals surface area (Å²) in [6.07, 6.45) is -6.45. The van der Waals surface area contributed by atoms with Crippen molar-refractivity contribution in [3.63, 3.8) is 0 Å². The maximum atomic E-state index is 12.0. The fraction of sp³-hybridized carbons (Fsp3) is 0.765. The Hall–Kier alpha value is -1.18. The monoisotopic (exact) mass is 518 g/mol. The summed E-state index contributed by atoms with van der Waals surface area (Å²) in [5.41, 5.74) is 5.45. The third-order valence-electron chi connectivity index (χ3n) is 3.57. The maximum absolute atomic E-state index is 12.0. The van der Waals surface area contributed by atoms with Gasteiger partial charge in [0.25, 0.3) is 15.6 Å². The number of allylic oxidation sites excluding steroid dienone is 1. The van der Waals surface area contributed by atoms with Crippen LogP contribution in [0.4, 0.5) is 0 Å². The Labute approximate surface area is 192 Å². The molecule has 0 aromatic carbocycles. The van der Waals surface area contributed by atoms with Crippen LogP contribution in [0, 0.1) is 5.92 Å². The molecule has 0 aliphatic carbocycles. The molecular weight excluding hydrogens is 486 g/mol. The Morgan fingerprint density at radius 2 is 1.55 bits per heavy atom. The molecule has 0 fully saturated rings. The van der Waals surface area contributed by atoms with E-state index in [1.54, 1.807) is 0 Å². The fourth-order valence-corrected chi connectivity index (χ4v) is 4.17. The lowest BCUT2D eigenvalue weighted by Gasteiger charge is -2.33. The number of aliphatic hydroxyl groups is 2. The second-order valence-corrected chi connectivity index (χ2v) is 10.2. The minimum Gasteiger partial charge on any atom is -0.756 e. The molecule has 14 nitrogen and oxygen atoms in total. The Kier molecular flexibility index (Phi) is 13.8. The Balaban J connectivity index is 5.37. The second-order valence-electron chi connectivity index (χ2n) is 7.54. The average molecular weight is 518 g/mol. The highest BCUT2D eigenvalue weighted by Gasteiger charge is 2.30. The van der Waals surface area contributed by atoms with Gasteiger partial charge in [0.15, 0.2) is 0 Å². The van der Waals surface area contributed by atoms with E-state index in [0.29, 0.717) is 6.29 Å². The van der Waals surface area contributed by atoms with Gasteiger partial charge in [-0.25, -0.2) is 0 Å². The van der Waals surface area contributed by atoms with Crippen molar-refractivity contribution in [2.24, 2.45) is 11.7 Å². The molecule has 0 aromatic heterocycles. The lowest BCUT2D eigenvalue weighted by Crippen LogP contribution is -2.42. The van der Waals surface area contributed by atoms with Gasteiger partial charge in [0.1, 0.15) is 18.6 Å². The van der Waals surface area contributed by atoms with Crippen LogP contribution in [0.1, 0.15) is 41.0 Å². The topological polar surface area (TPSA) is 230 Å². The third-order valence-corrected chi connectivity index (χ3v) is 5.92. The van der Waals surface area contributed by atoms with Crippen molar-refractivity contribution < 1.29 is 56.8 Å². The van der Waals surface area contributed by atoms with Crippen molar-refractivity contribution >= 4 is 27.8 Å². The van der Waals surface area contributed by atoms with Crippen molar-refractivity contribution in [1.29, 1.82) is 0 Å². The quantitative estimate of drug-likeness (QED) is 0.0835. The van der Waals surface area contributed by atoms with E-state index in [0.717, 1.165) is 6.08 Å². The molecule has 0 spiro atoms. The Morgan fingerprint density at radius 3 is 2.03 bits per heavy atom. The van der Waals surface area contributed by atoms with Crippen LogP contribution in [0.25, 0.3) is 0 Å². The van der Waals surface area contributed by atoms with Gasteiger partial charge >= 0.3 is 0 Å². The van der Waals surface area contributed by atoms with Crippen LogP contribution in [0.3, 0.4) is 0 Å². The molecular formula is C17H32N2O12P2-2. The van der Waals surface area contributed by atoms with Crippen LogP contribution in [0.2, 0.25) is 0 Å². The van der Waals surface area contributed by atoms with Crippen LogP contribution in [0.5, 0.6) is 0 Å². The molecule has 0 saturated heterocycles. The predicted molar refractivity (Wildman–Crippen MR) is 111 cm³/mol. The molecule has 16 heteroatoms. The number of phosphoric ester groups is 2. The number of hydrogen-bond acceptors (Lipinski definition) is 13. The first-order chi connectivity index (χ1) is 15.0. The van der Waals surface area contributed by atoms with Crippen molar-refractivity contribution in [1.82, 2.24) is 5.32 Å². The van der Waals surface area contributed by atoms with E-state index < -0.39 is 71.1 Å². The van der Waals surface area contributed by atoms with Gasteiger partial charge in [-0.1, -0.05) is 6.92 Å². The standard InChI is InChI=1S/C17H34N2O12P2/c1-10(2)29-32(24,25)28-9-14(21)15(31-33(26,27)30-11(3)4)7-17(23)19-16(22)6-13(18)12(5)8-20/h6,8,10-12,14-15,17,21,23H,7,9,18H2,1-5H3,(H,19,22)(H,24,25)(H,26,27)/p-2/b13-6+/t12?,14-,15?,17-/m0/s1. The van der Waals surface area contributed by atoms with Crippen molar-refractivity contribution in [3.8, 4) is 0 Å². The van der Waals surface area contributed by atoms with Gasteiger partial charge in [0.05, 0.1) is 30.8 Å². The van der Waals surface area contributed by atoms with Crippen LogP contribution < -0.4 is 20.8 Å². The molecule has 0 heterocycles. The summed E-state index contributed by atoms with van der Waals surface area (Å²) in [4.78, 5) is 46.3. The third kappa shape index (κ3) is 14.6. The number of aliphatic hydroxyl groups excluding tert-OH is 2. The highest BCUT2D eigenvalue weighted by Crippen LogP contribution is 2.44. The predicted octanol–water partition coefficient (Wildman–Crippen LogP) is -0.962. The lowest BCUT2D eigenvalue weighted by molar-refractivity contribution is -0.239. The normalized spacial score (nSPS) is 19.9. The largest absolute Gasteiger partial charge is 0.756 e. The summed E-state index contributed by atoms with van der Waals surface area (Å²) in [7, 11) is -9.84. The smallest absolute Gasteiger partial charge is 0.268 e. The van der Waals surface area contributed by atoms with Gasteiger partial charge in [0.2, 0.25) is 5.91 Å². The van der Waals surface area contributed by atoms with Crippen LogP contribution in [-0.4, -0.2) is 59.7 Å². The van der Waals surface area contributed by atoms with Crippen LogP contribution in [0.15, 0.2) is 11.8 Å². The van der Waals surface area contributed by atoms with Crippen LogP contribution >= 0.6 is 15.6 Å². The Morgan fingerprint density at radius 1 is 1.03 bits per heavy atom. The Bertz CT molecular complexity index is 760. The number of amides is 1. The molecule has 0 saturated carbocycles. The second kappa shape index (κ2) is 14.3. The first-order valence-electron chi connectivity index (χ1n) is 9.88. The minimum atomic E-state index is -5.01. The number of nitrogens with two attached hydrogens (primary N) is 1. The molecule has 0 bridgehead atoms. The number of nitrogens with one attached hydrogen (secondary N) is 1. The number of carbonyl (C=O) groups excluding carboxylic acids is 2. The van der Waals surface area contributed by atoms with Gasteiger partial charge in [0, 0.05) is 18.2 Å². The van der Waals surface area contributed by atoms with Gasteiger partial charge in [-0.15, -0.1) is 0 Å². The van der Waals surface area contributed by atoms with Gasteiger partial charge in [-0.05, 0) is 27.7 Å². The van der Waals surface area contributed by atoms with Crippen molar-refractivity contribution in [3.05, 3.63) is 11.8 Å². The van der Waals surface area contributed by atoms with E-state index in [9.17, 15) is 38.7 Å². The molecule has 1 amide bonds. The molecule has 0 aliphatic heterocycles. The zero-order valence-electron chi connectivity index (χ0n) is 19.0. The summed E-state index contributed by atoms with van der Waals surface area (Å²) < 4.78 is 42.2. The summed E-state index contributed by atoms with van der Waals surface area (Å²) in [5, 5.41) is 22.4. The number of hydrogen-bond donors (Lipinski definition) is 4. The summed E-state index contributed by atoms with van der Waals surface area (Å²) >= 11 is 0. The molecule has 4 unspecified atom stereocenters. The lowest BCUT2D eigenvalue weighted by atomic mass is 10.1. The zero-order chi connectivity index (χ0) is 26.0. The molecule has 0 rings (SSSR count). The summed E-state index contributed by atoms with van der Waals surface area (Å²) in [5.74, 6) is -1.69. The molecule has 0 aliphatic rings. The van der Waals surface area contributed by atoms with E-state index >= 15 is 0 Å². The highest BCUT2D eigenvalue weighted by atomic mass is 31.2. The number of phosphoric acid groups is 2. The molecule has 0 radical (unpaired) electrons. The molecule has 0 aromatic rings. The maximum Gasteiger partial charge on any atom is 0.268 e. The summed E-state index contributed by atoms with van der Waals surface area (Å²) in [6.45, 7) is 6.08. The molecule has 33 heavy (non-hydrogen) atoms. The average Bonchev–Trinajstić information content (AvgIpc) is 2.62. The van der Waals surface area contributed by atoms with Gasteiger partial charge < -0.3 is 53.9 Å². The van der Waals surface area contributed by atoms with Gasteiger partial charge in [-0.2, -0.15) is 0 Å². The zero-order valence-corrected chi connectivity index (χ0v) is 20.8. The SMILES string of the molecule is CC(C)OP(=O)([O-])OC[C@H](O)C(C[C@H](O)NC(=O)/C=C(/N)C(C)C=O)OP(=O)([O-])OC(C)C. The van der Waals surface area contributed by atoms with E-state index in [-0.39, 0.29) is 5.70 Å². The van der Waals surface area contributed by atoms with E-state index in [1.807, 2.05) is 5.32 Å². The van der Waals surface area contributed by atoms with E-state index in [1.165, 1.54) is 34.6 Å². The van der Waals surface area contributed by atoms with Crippen LogP contribution in [-0.2, 0) is 36.8 Å².